The third-order valence-electron chi connectivity index (χ3n) is 8.17. The number of nitrogens with one attached hydrogen (secondary N) is 1. The van der Waals surface area contributed by atoms with Crippen molar-refractivity contribution >= 4 is 52.6 Å². The molecule has 0 saturated carbocycles. The van der Waals surface area contributed by atoms with E-state index in [1.165, 1.54) is 17.5 Å². The summed E-state index contributed by atoms with van der Waals surface area (Å²) in [7, 11) is -1.46. The Balaban J connectivity index is 1.42. The number of benzene rings is 5. The van der Waals surface area contributed by atoms with E-state index < -0.39 is 14.3 Å². The fourth-order valence-corrected chi connectivity index (χ4v) is 10.5. The first-order chi connectivity index (χ1) is 21.6. The predicted octanol–water partition coefficient (Wildman–Crippen LogP) is 7.75. The summed E-state index contributed by atoms with van der Waals surface area (Å²) in [5.74, 6) is -0.804. The van der Waals surface area contributed by atoms with Gasteiger partial charge in [-0.05, 0) is 61.1 Å². The molecule has 5 rings (SSSR count). The molecular weight excluding hydrogens is 575 g/mol. The number of esters is 1. The van der Waals surface area contributed by atoms with E-state index in [0.29, 0.717) is 17.9 Å². The minimum atomic E-state index is -2.79. The number of amides is 1. The van der Waals surface area contributed by atoms with Gasteiger partial charge < -0.3 is 14.5 Å². The van der Waals surface area contributed by atoms with Crippen molar-refractivity contribution in [3.8, 4) is 0 Å². The molecule has 228 valence electrons. The minimum Gasteiger partial charge on any atom is -0.465 e. The topological polar surface area (TPSA) is 64.6 Å². The Labute approximate surface area is 266 Å². The Morgan fingerprint density at radius 2 is 1.36 bits per heavy atom. The van der Waals surface area contributed by atoms with Gasteiger partial charge in [-0.25, -0.2) is 4.79 Å². The molecule has 0 heterocycles. The largest absolute Gasteiger partial charge is 0.465 e. The summed E-state index contributed by atoms with van der Waals surface area (Å²) in [6, 6.07) is 40.3. The fourth-order valence-electron chi connectivity index (χ4n) is 5.93. The van der Waals surface area contributed by atoms with Gasteiger partial charge in [-0.15, -0.1) is 0 Å². The van der Waals surface area contributed by atoms with Crippen LogP contribution in [0.1, 0.15) is 48.7 Å². The summed E-state index contributed by atoms with van der Waals surface area (Å²) < 4.78 is 12.1. The Morgan fingerprint density at radius 3 is 1.96 bits per heavy atom. The molecule has 0 saturated heterocycles. The van der Waals surface area contributed by atoms with Crippen molar-refractivity contribution in [1.29, 1.82) is 0 Å². The lowest BCUT2D eigenvalue weighted by Crippen LogP contribution is -2.66. The molecule has 0 radical (unpaired) electrons. The molecule has 0 bridgehead atoms. The number of rotatable bonds is 10. The molecule has 6 heteroatoms. The van der Waals surface area contributed by atoms with E-state index in [1.54, 1.807) is 12.1 Å². The van der Waals surface area contributed by atoms with Gasteiger partial charge in [-0.2, -0.15) is 0 Å². The maximum Gasteiger partial charge on any atom is 0.339 e. The van der Waals surface area contributed by atoms with Gasteiger partial charge in [0, 0.05) is 0 Å². The quantitative estimate of drug-likeness (QED) is 0.129. The van der Waals surface area contributed by atoms with Crippen molar-refractivity contribution in [1.82, 2.24) is 0 Å². The Morgan fingerprint density at radius 1 is 0.756 bits per heavy atom. The molecule has 0 aliphatic rings. The molecule has 0 fully saturated rings. The molecule has 45 heavy (non-hydrogen) atoms. The lowest BCUT2D eigenvalue weighted by atomic mass is 10.00. The van der Waals surface area contributed by atoms with Crippen molar-refractivity contribution in [3.05, 3.63) is 145 Å². The van der Waals surface area contributed by atoms with Crippen LogP contribution in [0.2, 0.25) is 5.04 Å². The highest BCUT2D eigenvalue weighted by Gasteiger charge is 2.50. The number of hydrogen-bond acceptors (Lipinski definition) is 4. The van der Waals surface area contributed by atoms with E-state index in [-0.39, 0.29) is 22.9 Å². The smallest absolute Gasteiger partial charge is 0.339 e. The lowest BCUT2D eigenvalue weighted by Gasteiger charge is -2.43. The minimum absolute atomic E-state index is 0.0712. The highest BCUT2D eigenvalue weighted by atomic mass is 28.4. The average Bonchev–Trinajstić information content (AvgIpc) is 3.05. The molecule has 1 N–H and O–H groups in total. The van der Waals surface area contributed by atoms with Crippen LogP contribution in [0, 0.1) is 0 Å². The third-order valence-corrected chi connectivity index (χ3v) is 13.1. The zero-order valence-corrected chi connectivity index (χ0v) is 27.3. The van der Waals surface area contributed by atoms with Gasteiger partial charge in [0.15, 0.2) is 0 Å². The van der Waals surface area contributed by atoms with Crippen molar-refractivity contribution in [2.24, 2.45) is 0 Å². The number of anilines is 1. The van der Waals surface area contributed by atoms with Crippen LogP contribution in [-0.2, 0) is 20.6 Å². The Hall–Kier alpha value is -4.78. The summed E-state index contributed by atoms with van der Waals surface area (Å²) in [5.41, 5.74) is 3.06. The molecule has 0 aliphatic heterocycles. The molecule has 0 aromatic heterocycles. The van der Waals surface area contributed by atoms with E-state index in [0.717, 1.165) is 21.9 Å². The van der Waals surface area contributed by atoms with Crippen LogP contribution >= 0.6 is 0 Å². The molecule has 0 spiro atoms. The molecule has 5 nitrogen and oxygen atoms in total. The average molecular weight is 614 g/mol. The molecule has 0 aliphatic carbocycles. The van der Waals surface area contributed by atoms with E-state index in [2.05, 4.69) is 81.2 Å². The van der Waals surface area contributed by atoms with Gasteiger partial charge in [-0.3, -0.25) is 4.79 Å². The van der Waals surface area contributed by atoms with Gasteiger partial charge in [-0.1, -0.05) is 130 Å². The first kappa shape index (κ1) is 31.6. The number of carbonyl (C=O) groups is 2. The number of carbonyl (C=O) groups excluding carboxylic acids is 2. The summed E-state index contributed by atoms with van der Waals surface area (Å²) in [5, 5.41) is 7.32. The number of fused-ring (bicyclic) bond motifs is 1. The second-order valence-electron chi connectivity index (χ2n) is 12.2. The highest BCUT2D eigenvalue weighted by molar-refractivity contribution is 6.99. The lowest BCUT2D eigenvalue weighted by molar-refractivity contribution is -0.115. The highest BCUT2D eigenvalue weighted by Crippen LogP contribution is 2.37. The van der Waals surface area contributed by atoms with Crippen LogP contribution in [0.15, 0.2) is 128 Å². The summed E-state index contributed by atoms with van der Waals surface area (Å²) in [4.78, 5) is 26.0. The molecule has 0 atom stereocenters. The van der Waals surface area contributed by atoms with Crippen LogP contribution in [0.3, 0.4) is 0 Å². The van der Waals surface area contributed by atoms with E-state index in [1.807, 2.05) is 60.7 Å². The second kappa shape index (κ2) is 13.5. The molecule has 5 aromatic rings. The van der Waals surface area contributed by atoms with Gasteiger partial charge in [0.05, 0.1) is 31.4 Å². The molecule has 1 amide bonds. The number of methoxy groups -OCH3 is 1. The second-order valence-corrected chi connectivity index (χ2v) is 16.5. The van der Waals surface area contributed by atoms with Crippen molar-refractivity contribution in [2.45, 2.75) is 38.8 Å². The number of hydrogen-bond donors (Lipinski definition) is 1. The third kappa shape index (κ3) is 6.82. The van der Waals surface area contributed by atoms with Crippen molar-refractivity contribution in [3.63, 3.8) is 0 Å². The summed E-state index contributed by atoms with van der Waals surface area (Å²) in [6.45, 7) is 11.2. The Kier molecular flexibility index (Phi) is 9.47. The van der Waals surface area contributed by atoms with Crippen LogP contribution < -0.4 is 15.7 Å². The van der Waals surface area contributed by atoms with Gasteiger partial charge >= 0.3 is 5.97 Å². The van der Waals surface area contributed by atoms with Crippen molar-refractivity contribution < 1.29 is 18.8 Å². The van der Waals surface area contributed by atoms with Crippen LogP contribution in [0.4, 0.5) is 5.69 Å². The van der Waals surface area contributed by atoms with E-state index in [4.69, 9.17) is 9.16 Å². The molecule has 5 aromatic carbocycles. The monoisotopic (exact) mass is 613 g/mol. The normalized spacial score (nSPS) is 11.6. The standard InChI is InChI=1S/C39H39NO4Si/c1-28(31-22-21-30-14-12-13-15-32(30)26-31)24-37(41)40-36-25-29(20-23-35(36)38(42)43-5)27-44-45(39(2,3)4,33-16-8-6-9-17-33)34-18-10-7-11-19-34/h6-23,25-26H,1,24,27H2,2-5H3,(H,40,41). The summed E-state index contributed by atoms with van der Waals surface area (Å²) >= 11 is 0. The molecule has 0 unspecified atom stereocenters. The van der Waals surface area contributed by atoms with E-state index >= 15 is 0 Å². The van der Waals surface area contributed by atoms with Gasteiger partial charge in [0.2, 0.25) is 5.91 Å². The van der Waals surface area contributed by atoms with Gasteiger partial charge in [0.25, 0.3) is 8.32 Å². The SMILES string of the molecule is C=C(CC(=O)Nc1cc(CO[Si](c2ccccc2)(c2ccccc2)C(C)(C)C)ccc1C(=O)OC)c1ccc2ccccc2c1. The van der Waals surface area contributed by atoms with Crippen LogP contribution in [0.5, 0.6) is 0 Å². The van der Waals surface area contributed by atoms with E-state index in [9.17, 15) is 9.59 Å². The molecular formula is C39H39NO4Si. The zero-order chi connectivity index (χ0) is 32.0. The first-order valence-electron chi connectivity index (χ1n) is 15.1. The van der Waals surface area contributed by atoms with Gasteiger partial charge in [0.1, 0.15) is 0 Å². The van der Waals surface area contributed by atoms with Crippen LogP contribution in [0.25, 0.3) is 16.3 Å². The van der Waals surface area contributed by atoms with Crippen LogP contribution in [-0.4, -0.2) is 27.3 Å². The maximum absolute atomic E-state index is 13.3. The fraction of sp³-hybridized carbons (Fsp3) is 0.179. The number of ether oxygens (including phenoxy) is 1. The van der Waals surface area contributed by atoms with Crippen molar-refractivity contribution in [2.75, 3.05) is 12.4 Å². The predicted molar refractivity (Wildman–Crippen MR) is 186 cm³/mol. The maximum atomic E-state index is 13.3. The zero-order valence-electron chi connectivity index (χ0n) is 26.3. The summed E-state index contributed by atoms with van der Waals surface area (Å²) in [6.07, 6.45) is 0.0712. The Bertz CT molecular complexity index is 1790. The first-order valence-corrected chi connectivity index (χ1v) is 17.0.